The zero-order valence-corrected chi connectivity index (χ0v) is 10.0. The number of nitrogens with one attached hydrogen (secondary N) is 1. The second-order valence-corrected chi connectivity index (χ2v) is 5.06. The first-order chi connectivity index (χ1) is 6.67. The molecule has 0 aliphatic heterocycles. The minimum atomic E-state index is 0.172. The van der Waals surface area contributed by atoms with E-state index in [4.69, 9.17) is 16.7 Å². The molecule has 80 valence electrons. The van der Waals surface area contributed by atoms with Crippen molar-refractivity contribution in [1.29, 1.82) is 0 Å². The highest BCUT2D eigenvalue weighted by Crippen LogP contribution is 2.26. The molecular formula is C10H16ClNOS. The molecule has 0 amide bonds. The van der Waals surface area contributed by atoms with E-state index in [1.807, 2.05) is 12.1 Å². The van der Waals surface area contributed by atoms with Crippen molar-refractivity contribution < 1.29 is 5.11 Å². The second kappa shape index (κ2) is 5.71. The Hall–Kier alpha value is -0.0900. The van der Waals surface area contributed by atoms with Gasteiger partial charge in [-0.15, -0.1) is 11.3 Å². The SMILES string of the molecule is CC[C@@H](CO)N[C@@H](C)c1ccc(Cl)s1. The van der Waals surface area contributed by atoms with Gasteiger partial charge in [0.15, 0.2) is 0 Å². The first-order valence-electron chi connectivity index (χ1n) is 4.79. The number of rotatable bonds is 5. The lowest BCUT2D eigenvalue weighted by molar-refractivity contribution is 0.230. The van der Waals surface area contributed by atoms with Gasteiger partial charge in [0.05, 0.1) is 10.9 Å². The van der Waals surface area contributed by atoms with E-state index in [1.165, 1.54) is 4.88 Å². The summed E-state index contributed by atoms with van der Waals surface area (Å²) >= 11 is 7.43. The van der Waals surface area contributed by atoms with Crippen LogP contribution in [0.4, 0.5) is 0 Å². The summed E-state index contributed by atoms with van der Waals surface area (Å²) in [6.07, 6.45) is 0.931. The van der Waals surface area contributed by atoms with Crippen molar-refractivity contribution in [2.75, 3.05) is 6.61 Å². The molecule has 0 aliphatic carbocycles. The largest absolute Gasteiger partial charge is 0.395 e. The van der Waals surface area contributed by atoms with E-state index in [9.17, 15) is 0 Å². The molecule has 2 nitrogen and oxygen atoms in total. The van der Waals surface area contributed by atoms with E-state index in [1.54, 1.807) is 11.3 Å². The molecule has 1 heterocycles. The normalized spacial score (nSPS) is 15.4. The molecular weight excluding hydrogens is 218 g/mol. The van der Waals surface area contributed by atoms with E-state index in [0.29, 0.717) is 0 Å². The second-order valence-electron chi connectivity index (χ2n) is 3.32. The Labute approximate surface area is 93.9 Å². The lowest BCUT2D eigenvalue weighted by atomic mass is 10.2. The Morgan fingerprint density at radius 2 is 2.29 bits per heavy atom. The third kappa shape index (κ3) is 3.24. The van der Waals surface area contributed by atoms with Crippen LogP contribution in [0, 0.1) is 0 Å². The highest BCUT2D eigenvalue weighted by atomic mass is 35.5. The molecule has 0 saturated heterocycles. The summed E-state index contributed by atoms with van der Waals surface area (Å²) in [6, 6.07) is 4.35. The van der Waals surface area contributed by atoms with Crippen LogP contribution in [-0.2, 0) is 0 Å². The number of aliphatic hydroxyl groups excluding tert-OH is 1. The van der Waals surface area contributed by atoms with Gasteiger partial charge >= 0.3 is 0 Å². The zero-order chi connectivity index (χ0) is 10.6. The fraction of sp³-hybridized carbons (Fsp3) is 0.600. The number of hydrogen-bond acceptors (Lipinski definition) is 3. The van der Waals surface area contributed by atoms with Gasteiger partial charge < -0.3 is 10.4 Å². The fourth-order valence-electron chi connectivity index (χ4n) is 1.30. The van der Waals surface area contributed by atoms with E-state index >= 15 is 0 Å². The molecule has 0 unspecified atom stereocenters. The van der Waals surface area contributed by atoms with Gasteiger partial charge in [0.2, 0.25) is 0 Å². The topological polar surface area (TPSA) is 32.3 Å². The van der Waals surface area contributed by atoms with Crippen molar-refractivity contribution >= 4 is 22.9 Å². The van der Waals surface area contributed by atoms with Crippen LogP contribution >= 0.6 is 22.9 Å². The van der Waals surface area contributed by atoms with Gasteiger partial charge in [-0.25, -0.2) is 0 Å². The van der Waals surface area contributed by atoms with Gasteiger partial charge in [-0.1, -0.05) is 18.5 Å². The Morgan fingerprint density at radius 3 is 2.71 bits per heavy atom. The lowest BCUT2D eigenvalue weighted by Gasteiger charge is -2.19. The monoisotopic (exact) mass is 233 g/mol. The van der Waals surface area contributed by atoms with Gasteiger partial charge in [0, 0.05) is 17.0 Å². The standard InChI is InChI=1S/C10H16ClNOS/c1-3-8(6-13)12-7(2)9-4-5-10(11)14-9/h4-5,7-8,12-13H,3,6H2,1-2H3/t7-,8-/m0/s1. The summed E-state index contributed by atoms with van der Waals surface area (Å²) in [6.45, 7) is 4.32. The average Bonchev–Trinajstić information content (AvgIpc) is 2.61. The Bertz CT molecular complexity index is 273. The molecule has 4 heteroatoms. The van der Waals surface area contributed by atoms with Crippen LogP contribution in [-0.4, -0.2) is 17.8 Å². The summed E-state index contributed by atoms with van der Waals surface area (Å²) in [5, 5.41) is 12.4. The van der Waals surface area contributed by atoms with Crippen molar-refractivity contribution in [2.24, 2.45) is 0 Å². The first kappa shape index (κ1) is 12.0. The lowest BCUT2D eigenvalue weighted by Crippen LogP contribution is -2.33. The Morgan fingerprint density at radius 1 is 1.57 bits per heavy atom. The molecule has 1 rings (SSSR count). The van der Waals surface area contributed by atoms with Crippen LogP contribution in [0.5, 0.6) is 0 Å². The summed E-state index contributed by atoms with van der Waals surface area (Å²) < 4.78 is 0.811. The number of thiophene rings is 1. The quantitative estimate of drug-likeness (QED) is 0.820. The summed E-state index contributed by atoms with van der Waals surface area (Å²) in [5.74, 6) is 0. The molecule has 0 bridgehead atoms. The van der Waals surface area contributed by atoms with E-state index < -0.39 is 0 Å². The average molecular weight is 234 g/mol. The molecule has 0 radical (unpaired) electrons. The highest BCUT2D eigenvalue weighted by Gasteiger charge is 2.12. The van der Waals surface area contributed by atoms with Crippen LogP contribution in [0.3, 0.4) is 0 Å². The van der Waals surface area contributed by atoms with E-state index in [2.05, 4.69) is 19.2 Å². The summed E-state index contributed by atoms with van der Waals surface area (Å²) in [5.41, 5.74) is 0. The van der Waals surface area contributed by atoms with Crippen LogP contribution in [0.25, 0.3) is 0 Å². The maximum absolute atomic E-state index is 9.04. The predicted octanol–water partition coefficient (Wildman–Crippen LogP) is 2.82. The van der Waals surface area contributed by atoms with Crippen LogP contribution in [0.1, 0.15) is 31.2 Å². The van der Waals surface area contributed by atoms with Crippen molar-refractivity contribution in [3.05, 3.63) is 21.3 Å². The minimum absolute atomic E-state index is 0.172. The molecule has 2 N–H and O–H groups in total. The first-order valence-corrected chi connectivity index (χ1v) is 5.99. The molecule has 14 heavy (non-hydrogen) atoms. The predicted molar refractivity (Wildman–Crippen MR) is 62.0 cm³/mol. The minimum Gasteiger partial charge on any atom is -0.395 e. The third-order valence-corrected chi connectivity index (χ3v) is 3.63. The maximum Gasteiger partial charge on any atom is 0.0931 e. The summed E-state index contributed by atoms with van der Waals surface area (Å²) in [7, 11) is 0. The van der Waals surface area contributed by atoms with Gasteiger partial charge in [-0.3, -0.25) is 0 Å². The van der Waals surface area contributed by atoms with Gasteiger partial charge in [-0.2, -0.15) is 0 Å². The van der Waals surface area contributed by atoms with Crippen molar-refractivity contribution in [2.45, 2.75) is 32.4 Å². The molecule has 0 aromatic carbocycles. The van der Waals surface area contributed by atoms with Gasteiger partial charge in [0.25, 0.3) is 0 Å². The molecule has 2 atom stereocenters. The number of hydrogen-bond donors (Lipinski definition) is 2. The number of aliphatic hydroxyl groups is 1. The Kier molecular flexibility index (Phi) is 4.89. The zero-order valence-electron chi connectivity index (χ0n) is 8.46. The van der Waals surface area contributed by atoms with Crippen molar-refractivity contribution in [3.63, 3.8) is 0 Å². The van der Waals surface area contributed by atoms with Crippen LogP contribution in [0.2, 0.25) is 4.34 Å². The number of halogens is 1. The highest BCUT2D eigenvalue weighted by molar-refractivity contribution is 7.16. The molecule has 0 fully saturated rings. The van der Waals surface area contributed by atoms with E-state index in [0.717, 1.165) is 10.8 Å². The van der Waals surface area contributed by atoms with Crippen LogP contribution in [0.15, 0.2) is 12.1 Å². The van der Waals surface area contributed by atoms with Crippen LogP contribution < -0.4 is 5.32 Å². The molecule has 0 spiro atoms. The summed E-state index contributed by atoms with van der Waals surface area (Å²) in [4.78, 5) is 1.21. The third-order valence-electron chi connectivity index (χ3n) is 2.22. The van der Waals surface area contributed by atoms with Gasteiger partial charge in [-0.05, 0) is 25.5 Å². The molecule has 1 aromatic rings. The van der Waals surface area contributed by atoms with Gasteiger partial charge in [0.1, 0.15) is 0 Å². The molecule has 0 saturated carbocycles. The maximum atomic E-state index is 9.04. The van der Waals surface area contributed by atoms with Crippen molar-refractivity contribution in [1.82, 2.24) is 5.32 Å². The molecule has 1 aromatic heterocycles. The van der Waals surface area contributed by atoms with Crippen molar-refractivity contribution in [3.8, 4) is 0 Å². The molecule has 0 aliphatic rings. The fourth-order valence-corrected chi connectivity index (χ4v) is 2.37. The smallest absolute Gasteiger partial charge is 0.0931 e. The van der Waals surface area contributed by atoms with E-state index in [-0.39, 0.29) is 18.7 Å². The Balaban J connectivity index is 2.53.